The number of hydrogen-bond donors (Lipinski definition) is 1. The Hall–Kier alpha value is -1.91. The fourth-order valence-corrected chi connectivity index (χ4v) is 1.36. The normalized spacial score (nSPS) is 9.88. The van der Waals surface area contributed by atoms with E-state index in [1.165, 1.54) is 24.0 Å². The molecule has 1 rings (SSSR count). The third-order valence-electron chi connectivity index (χ3n) is 2.29. The predicted octanol–water partition coefficient (Wildman–Crippen LogP) is 1.53. The first-order valence-electron chi connectivity index (χ1n) is 5.17. The van der Waals surface area contributed by atoms with Gasteiger partial charge in [-0.2, -0.15) is 0 Å². The molecule has 17 heavy (non-hydrogen) atoms. The lowest BCUT2D eigenvalue weighted by Crippen LogP contribution is -2.29. The van der Waals surface area contributed by atoms with Crippen LogP contribution < -0.4 is 5.32 Å². The highest BCUT2D eigenvalue weighted by molar-refractivity contribution is 6.00. The number of ketones is 1. The van der Waals surface area contributed by atoms with E-state index in [0.29, 0.717) is 5.69 Å². The Kier molecular flexibility index (Phi) is 4.20. The van der Waals surface area contributed by atoms with Gasteiger partial charge < -0.3 is 10.2 Å². The summed E-state index contributed by atoms with van der Waals surface area (Å²) in [4.78, 5) is 24.1. The first-order valence-corrected chi connectivity index (χ1v) is 5.17. The number of likely N-dealkylation sites (N-methyl/N-ethyl adjacent to an activating group) is 1. The summed E-state index contributed by atoms with van der Waals surface area (Å²) in [6.45, 7) is 1.31. The molecule has 1 amide bonds. The molecule has 0 radical (unpaired) electrons. The van der Waals surface area contributed by atoms with Crippen LogP contribution in [0.4, 0.5) is 10.1 Å². The average Bonchev–Trinajstić information content (AvgIpc) is 2.24. The maximum Gasteiger partial charge on any atom is 0.241 e. The molecule has 0 aliphatic carbocycles. The van der Waals surface area contributed by atoms with Crippen molar-refractivity contribution in [1.29, 1.82) is 0 Å². The zero-order chi connectivity index (χ0) is 13.0. The molecular formula is C12H15FN2O2. The van der Waals surface area contributed by atoms with Gasteiger partial charge in [-0.05, 0) is 19.1 Å². The maximum absolute atomic E-state index is 13.4. The number of carbonyl (C=O) groups excluding carboxylic acids is 2. The summed E-state index contributed by atoms with van der Waals surface area (Å²) in [7, 11) is 3.25. The minimum absolute atomic E-state index is 0.0148. The van der Waals surface area contributed by atoms with Crippen molar-refractivity contribution in [2.45, 2.75) is 6.92 Å². The molecular weight excluding hydrogens is 223 g/mol. The summed E-state index contributed by atoms with van der Waals surface area (Å²) < 4.78 is 13.4. The smallest absolute Gasteiger partial charge is 0.241 e. The van der Waals surface area contributed by atoms with Crippen molar-refractivity contribution >= 4 is 17.4 Å². The van der Waals surface area contributed by atoms with Crippen LogP contribution >= 0.6 is 0 Å². The van der Waals surface area contributed by atoms with Gasteiger partial charge in [-0.3, -0.25) is 9.59 Å². The molecule has 4 nitrogen and oxygen atoms in total. The number of nitrogens with one attached hydrogen (secondary N) is 1. The van der Waals surface area contributed by atoms with Crippen molar-refractivity contribution in [2.24, 2.45) is 0 Å². The lowest BCUT2D eigenvalue weighted by atomic mass is 10.1. The molecule has 5 heteroatoms. The van der Waals surface area contributed by atoms with Crippen molar-refractivity contribution in [3.05, 3.63) is 29.6 Å². The molecule has 1 aromatic carbocycles. The molecule has 0 heterocycles. The monoisotopic (exact) mass is 238 g/mol. The molecule has 0 aliphatic heterocycles. The Balaban J connectivity index is 2.88. The Labute approximate surface area is 99.4 Å². The molecule has 92 valence electrons. The van der Waals surface area contributed by atoms with Crippen LogP contribution in [0, 0.1) is 5.82 Å². The van der Waals surface area contributed by atoms with Crippen LogP contribution in [0.2, 0.25) is 0 Å². The summed E-state index contributed by atoms with van der Waals surface area (Å²) in [5, 5.41) is 2.76. The highest BCUT2D eigenvalue weighted by atomic mass is 19.1. The van der Waals surface area contributed by atoms with Gasteiger partial charge in [-0.1, -0.05) is 6.07 Å². The predicted molar refractivity (Wildman–Crippen MR) is 63.6 cm³/mol. The van der Waals surface area contributed by atoms with E-state index in [-0.39, 0.29) is 23.8 Å². The Morgan fingerprint density at radius 2 is 2.00 bits per heavy atom. The molecule has 0 unspecified atom stereocenters. The molecule has 0 saturated carbocycles. The number of Topliss-reactive ketones (excluding diaryl/α,β-unsaturated/α-hetero) is 1. The second-order valence-corrected chi connectivity index (χ2v) is 3.86. The molecule has 0 aromatic heterocycles. The van der Waals surface area contributed by atoms with Gasteiger partial charge in [-0.15, -0.1) is 0 Å². The van der Waals surface area contributed by atoms with Crippen molar-refractivity contribution in [3.63, 3.8) is 0 Å². The quantitative estimate of drug-likeness (QED) is 0.809. The van der Waals surface area contributed by atoms with Gasteiger partial charge in [0.1, 0.15) is 5.82 Å². The molecule has 0 atom stereocenters. The molecule has 1 aromatic rings. The number of rotatable bonds is 4. The second-order valence-electron chi connectivity index (χ2n) is 3.86. The van der Waals surface area contributed by atoms with E-state index < -0.39 is 5.82 Å². The van der Waals surface area contributed by atoms with E-state index in [1.54, 1.807) is 20.2 Å². The number of hydrogen-bond acceptors (Lipinski definition) is 3. The maximum atomic E-state index is 13.4. The van der Waals surface area contributed by atoms with E-state index >= 15 is 0 Å². The van der Waals surface area contributed by atoms with Gasteiger partial charge in [0.2, 0.25) is 5.91 Å². The number of anilines is 1. The Bertz CT molecular complexity index is 444. The Morgan fingerprint density at radius 3 is 2.53 bits per heavy atom. The van der Waals surface area contributed by atoms with E-state index in [1.807, 2.05) is 0 Å². The van der Waals surface area contributed by atoms with Gasteiger partial charge in [0.25, 0.3) is 0 Å². The van der Waals surface area contributed by atoms with E-state index in [0.717, 1.165) is 0 Å². The van der Waals surface area contributed by atoms with E-state index in [9.17, 15) is 14.0 Å². The number of benzene rings is 1. The van der Waals surface area contributed by atoms with Crippen LogP contribution in [-0.4, -0.2) is 37.2 Å². The largest absolute Gasteiger partial charge is 0.375 e. The lowest BCUT2D eigenvalue weighted by molar-refractivity contribution is -0.126. The SMILES string of the molecule is CC(=O)c1c(F)cccc1NCC(=O)N(C)C. The first-order chi connectivity index (χ1) is 7.93. The van der Waals surface area contributed by atoms with Gasteiger partial charge in [-0.25, -0.2) is 4.39 Å². The minimum atomic E-state index is -0.584. The van der Waals surface area contributed by atoms with Crippen LogP contribution in [0.15, 0.2) is 18.2 Å². The summed E-state index contributed by atoms with van der Waals surface area (Å²) in [5.41, 5.74) is 0.326. The summed E-state index contributed by atoms with van der Waals surface area (Å²) in [6, 6.07) is 4.28. The first kappa shape index (κ1) is 13.2. The fourth-order valence-electron chi connectivity index (χ4n) is 1.36. The van der Waals surface area contributed by atoms with Crippen molar-refractivity contribution in [2.75, 3.05) is 26.0 Å². The van der Waals surface area contributed by atoms with Crippen molar-refractivity contribution < 1.29 is 14.0 Å². The molecule has 0 fully saturated rings. The topological polar surface area (TPSA) is 49.4 Å². The van der Waals surface area contributed by atoms with Crippen LogP contribution in [0.3, 0.4) is 0 Å². The van der Waals surface area contributed by atoms with Gasteiger partial charge in [0, 0.05) is 19.8 Å². The summed E-state index contributed by atoms with van der Waals surface area (Å²) in [5.74, 6) is -1.11. The molecule has 0 spiro atoms. The van der Waals surface area contributed by atoms with Crippen LogP contribution in [0.1, 0.15) is 17.3 Å². The van der Waals surface area contributed by atoms with Crippen molar-refractivity contribution in [3.8, 4) is 0 Å². The molecule has 0 aliphatic rings. The highest BCUT2D eigenvalue weighted by Crippen LogP contribution is 2.19. The summed E-state index contributed by atoms with van der Waals surface area (Å²) >= 11 is 0. The van der Waals surface area contributed by atoms with Crippen LogP contribution in [-0.2, 0) is 4.79 Å². The Morgan fingerprint density at radius 1 is 1.35 bits per heavy atom. The standard InChI is InChI=1S/C12H15FN2O2/c1-8(16)12-9(13)5-4-6-10(12)14-7-11(17)15(2)3/h4-6,14H,7H2,1-3H3. The zero-order valence-electron chi connectivity index (χ0n) is 10.1. The third-order valence-corrected chi connectivity index (χ3v) is 2.29. The van der Waals surface area contributed by atoms with Crippen molar-refractivity contribution in [1.82, 2.24) is 4.90 Å². The molecule has 0 bridgehead atoms. The highest BCUT2D eigenvalue weighted by Gasteiger charge is 2.13. The summed E-state index contributed by atoms with van der Waals surface area (Å²) in [6.07, 6.45) is 0. The second kappa shape index (κ2) is 5.43. The average molecular weight is 238 g/mol. The van der Waals surface area contributed by atoms with Gasteiger partial charge in [0.15, 0.2) is 5.78 Å². The van der Waals surface area contributed by atoms with Crippen LogP contribution in [0.25, 0.3) is 0 Å². The van der Waals surface area contributed by atoms with Gasteiger partial charge >= 0.3 is 0 Å². The number of halogens is 1. The lowest BCUT2D eigenvalue weighted by Gasteiger charge is -2.13. The number of amides is 1. The van der Waals surface area contributed by atoms with Crippen LogP contribution in [0.5, 0.6) is 0 Å². The van der Waals surface area contributed by atoms with E-state index in [4.69, 9.17) is 0 Å². The molecule has 1 N–H and O–H groups in total. The zero-order valence-corrected chi connectivity index (χ0v) is 10.1. The number of carbonyl (C=O) groups is 2. The number of nitrogens with zero attached hydrogens (tertiary/aromatic N) is 1. The van der Waals surface area contributed by atoms with Gasteiger partial charge in [0.05, 0.1) is 12.1 Å². The fraction of sp³-hybridized carbons (Fsp3) is 0.333. The molecule has 0 saturated heterocycles. The van der Waals surface area contributed by atoms with E-state index in [2.05, 4.69) is 5.32 Å². The third kappa shape index (κ3) is 3.27. The minimum Gasteiger partial charge on any atom is -0.375 e.